The highest BCUT2D eigenvalue weighted by atomic mass is 16.6. The van der Waals surface area contributed by atoms with Crippen LogP contribution < -0.4 is 5.73 Å². The number of nitrogens with two attached hydrogens (primary N) is 1. The predicted octanol–water partition coefficient (Wildman–Crippen LogP) is 1.03. The van der Waals surface area contributed by atoms with Gasteiger partial charge < -0.3 is 10.3 Å². The Hall–Kier alpha value is -2.37. The topological polar surface area (TPSA) is 91.2 Å². The molecule has 0 aliphatic rings. The third-order valence-corrected chi connectivity index (χ3v) is 2.29. The summed E-state index contributed by atoms with van der Waals surface area (Å²) in [4.78, 5) is 20.9. The van der Waals surface area contributed by atoms with Crippen LogP contribution >= 0.6 is 0 Å². The van der Waals surface area contributed by atoms with Crippen molar-refractivity contribution >= 4 is 22.5 Å². The highest BCUT2D eigenvalue weighted by Crippen LogP contribution is 2.21. The number of rotatable bonds is 3. The Morgan fingerprint density at radius 3 is 2.81 bits per heavy atom. The van der Waals surface area contributed by atoms with E-state index in [-0.39, 0.29) is 12.2 Å². The van der Waals surface area contributed by atoms with Crippen LogP contribution in [0.1, 0.15) is 0 Å². The maximum Gasteiger partial charge on any atom is 0.271 e. The van der Waals surface area contributed by atoms with E-state index in [0.29, 0.717) is 5.52 Å². The number of nitrogens with zero attached hydrogens (tertiary/aromatic N) is 2. The summed E-state index contributed by atoms with van der Waals surface area (Å²) in [5.41, 5.74) is 5.71. The van der Waals surface area contributed by atoms with Crippen LogP contribution in [-0.4, -0.2) is 15.4 Å². The standard InChI is InChI=1S/C10H9N3O3/c11-10(14)6-12-4-3-7-1-2-8(13(15)16)5-9(7)12/h1-5H,6H2,(H2,11,14). The monoisotopic (exact) mass is 219 g/mol. The van der Waals surface area contributed by atoms with E-state index >= 15 is 0 Å². The van der Waals surface area contributed by atoms with Gasteiger partial charge in [0.15, 0.2) is 0 Å². The normalized spacial score (nSPS) is 10.5. The minimum atomic E-state index is -0.482. The van der Waals surface area contributed by atoms with Gasteiger partial charge in [0, 0.05) is 23.7 Å². The molecule has 1 aromatic carbocycles. The quantitative estimate of drug-likeness (QED) is 0.617. The van der Waals surface area contributed by atoms with Crippen LogP contribution in [0.25, 0.3) is 10.9 Å². The summed E-state index contributed by atoms with van der Waals surface area (Å²) in [7, 11) is 0. The Labute approximate surface area is 90.4 Å². The van der Waals surface area contributed by atoms with Gasteiger partial charge in [-0.2, -0.15) is 0 Å². The van der Waals surface area contributed by atoms with E-state index in [0.717, 1.165) is 5.39 Å². The molecule has 0 saturated carbocycles. The molecule has 0 aliphatic carbocycles. The van der Waals surface area contributed by atoms with Crippen LogP contribution in [0.15, 0.2) is 30.5 Å². The van der Waals surface area contributed by atoms with Gasteiger partial charge in [-0.1, -0.05) is 0 Å². The average Bonchev–Trinajstić information content (AvgIpc) is 2.60. The number of fused-ring (bicyclic) bond motifs is 1. The van der Waals surface area contributed by atoms with Crippen LogP contribution in [0.3, 0.4) is 0 Å². The van der Waals surface area contributed by atoms with E-state index in [1.165, 1.54) is 12.1 Å². The Kier molecular flexibility index (Phi) is 2.32. The Balaban J connectivity index is 2.55. The molecule has 0 atom stereocenters. The van der Waals surface area contributed by atoms with Gasteiger partial charge in [-0.25, -0.2) is 0 Å². The zero-order valence-corrected chi connectivity index (χ0v) is 8.29. The summed E-state index contributed by atoms with van der Waals surface area (Å²) < 4.78 is 1.59. The van der Waals surface area contributed by atoms with Crippen LogP contribution in [0.2, 0.25) is 0 Å². The van der Waals surface area contributed by atoms with Crippen molar-refractivity contribution in [2.75, 3.05) is 0 Å². The van der Waals surface area contributed by atoms with Crippen molar-refractivity contribution in [3.8, 4) is 0 Å². The molecular formula is C10H9N3O3. The van der Waals surface area contributed by atoms with Crippen molar-refractivity contribution in [1.82, 2.24) is 4.57 Å². The van der Waals surface area contributed by atoms with Crippen molar-refractivity contribution in [2.24, 2.45) is 5.73 Å². The van der Waals surface area contributed by atoms with E-state index < -0.39 is 10.8 Å². The number of benzene rings is 1. The molecule has 0 radical (unpaired) electrons. The van der Waals surface area contributed by atoms with Crippen molar-refractivity contribution in [3.05, 3.63) is 40.6 Å². The smallest absolute Gasteiger partial charge is 0.271 e. The number of amides is 1. The molecule has 1 aromatic heterocycles. The summed E-state index contributed by atoms with van der Waals surface area (Å²) in [5.74, 6) is -0.482. The molecule has 0 saturated heterocycles. The highest BCUT2D eigenvalue weighted by Gasteiger charge is 2.09. The lowest BCUT2D eigenvalue weighted by atomic mass is 10.2. The number of non-ortho nitro benzene ring substituents is 1. The molecule has 1 heterocycles. The van der Waals surface area contributed by atoms with Gasteiger partial charge in [0.05, 0.1) is 10.4 Å². The molecule has 2 N–H and O–H groups in total. The summed E-state index contributed by atoms with van der Waals surface area (Å²) in [6, 6.07) is 6.28. The molecule has 0 bridgehead atoms. The number of nitro benzene ring substituents is 1. The van der Waals surface area contributed by atoms with Gasteiger partial charge in [-0.15, -0.1) is 0 Å². The van der Waals surface area contributed by atoms with Gasteiger partial charge in [0.1, 0.15) is 6.54 Å². The summed E-state index contributed by atoms with van der Waals surface area (Å²) >= 11 is 0. The van der Waals surface area contributed by atoms with E-state index in [2.05, 4.69) is 0 Å². The molecule has 2 rings (SSSR count). The fourth-order valence-corrected chi connectivity index (χ4v) is 1.59. The molecule has 6 nitrogen and oxygen atoms in total. The lowest BCUT2D eigenvalue weighted by Crippen LogP contribution is -2.17. The number of carbonyl (C=O) groups excluding carboxylic acids is 1. The first-order valence-corrected chi connectivity index (χ1v) is 4.59. The maximum absolute atomic E-state index is 10.8. The van der Waals surface area contributed by atoms with Crippen LogP contribution in [0.5, 0.6) is 0 Å². The van der Waals surface area contributed by atoms with Crippen molar-refractivity contribution in [2.45, 2.75) is 6.54 Å². The number of aromatic nitrogens is 1. The first kappa shape index (κ1) is 10.2. The van der Waals surface area contributed by atoms with Crippen molar-refractivity contribution < 1.29 is 9.72 Å². The van der Waals surface area contributed by atoms with E-state index in [1.54, 1.807) is 22.9 Å². The van der Waals surface area contributed by atoms with Gasteiger partial charge in [0.25, 0.3) is 5.69 Å². The molecule has 82 valence electrons. The number of primary amides is 1. The molecular weight excluding hydrogens is 210 g/mol. The Morgan fingerprint density at radius 2 is 2.19 bits per heavy atom. The number of nitro groups is 1. The number of hydrogen-bond acceptors (Lipinski definition) is 3. The van der Waals surface area contributed by atoms with Crippen LogP contribution in [0.4, 0.5) is 5.69 Å². The molecule has 16 heavy (non-hydrogen) atoms. The van der Waals surface area contributed by atoms with Crippen LogP contribution in [0, 0.1) is 10.1 Å². The van der Waals surface area contributed by atoms with Gasteiger partial charge in [0.2, 0.25) is 5.91 Å². The Bertz CT molecular complexity index is 574. The molecule has 1 amide bonds. The SMILES string of the molecule is NC(=O)Cn1ccc2ccc([N+](=O)[O-])cc21. The third kappa shape index (κ3) is 1.72. The molecule has 0 spiro atoms. The lowest BCUT2D eigenvalue weighted by molar-refractivity contribution is -0.384. The van der Waals surface area contributed by atoms with Crippen molar-refractivity contribution in [3.63, 3.8) is 0 Å². The minimum absolute atomic E-state index is 0.00285. The predicted molar refractivity (Wildman–Crippen MR) is 57.8 cm³/mol. The first-order valence-electron chi connectivity index (χ1n) is 4.59. The second-order valence-corrected chi connectivity index (χ2v) is 3.41. The van der Waals surface area contributed by atoms with Gasteiger partial charge in [-0.05, 0) is 12.1 Å². The fraction of sp³-hybridized carbons (Fsp3) is 0.100. The van der Waals surface area contributed by atoms with Gasteiger partial charge >= 0.3 is 0 Å². The Morgan fingerprint density at radius 1 is 1.44 bits per heavy atom. The zero-order valence-electron chi connectivity index (χ0n) is 8.29. The largest absolute Gasteiger partial charge is 0.368 e. The average molecular weight is 219 g/mol. The minimum Gasteiger partial charge on any atom is -0.368 e. The lowest BCUT2D eigenvalue weighted by Gasteiger charge is -2.01. The van der Waals surface area contributed by atoms with E-state index in [4.69, 9.17) is 5.73 Å². The number of carbonyl (C=O) groups is 1. The molecule has 0 fully saturated rings. The van der Waals surface area contributed by atoms with E-state index in [1.807, 2.05) is 0 Å². The summed E-state index contributed by atoms with van der Waals surface area (Å²) in [6.45, 7) is 0.0185. The second-order valence-electron chi connectivity index (χ2n) is 3.41. The maximum atomic E-state index is 10.8. The summed E-state index contributed by atoms with van der Waals surface area (Å²) in [5, 5.41) is 11.4. The molecule has 0 unspecified atom stereocenters. The molecule has 2 aromatic rings. The number of hydrogen-bond donors (Lipinski definition) is 1. The molecule has 0 aliphatic heterocycles. The zero-order chi connectivity index (χ0) is 11.7. The van der Waals surface area contributed by atoms with Gasteiger partial charge in [-0.3, -0.25) is 14.9 Å². The first-order chi connectivity index (χ1) is 7.58. The van der Waals surface area contributed by atoms with Crippen LogP contribution in [-0.2, 0) is 11.3 Å². The van der Waals surface area contributed by atoms with E-state index in [9.17, 15) is 14.9 Å². The highest BCUT2D eigenvalue weighted by molar-refractivity contribution is 5.84. The molecule has 6 heteroatoms. The summed E-state index contributed by atoms with van der Waals surface area (Å²) in [6.07, 6.45) is 1.68. The second kappa shape index (κ2) is 3.65. The third-order valence-electron chi connectivity index (χ3n) is 2.29. The van der Waals surface area contributed by atoms with Crippen molar-refractivity contribution in [1.29, 1.82) is 0 Å². The fourth-order valence-electron chi connectivity index (χ4n) is 1.59.